The van der Waals surface area contributed by atoms with Crippen LogP contribution in [-0.2, 0) is 16.0 Å². The van der Waals surface area contributed by atoms with Gasteiger partial charge in [0.1, 0.15) is 6.04 Å². The number of β-amino-alcohol motifs (C(OH)–C–C–N with tert-alkyl or cyclic N) is 1. The van der Waals surface area contributed by atoms with Crippen molar-refractivity contribution in [2.24, 2.45) is 0 Å². The smallest absolute Gasteiger partial charge is 0.326 e. The first-order valence-corrected chi connectivity index (χ1v) is 6.79. The number of carboxylic acids is 1. The second-order valence-corrected chi connectivity index (χ2v) is 5.48. The lowest BCUT2D eigenvalue weighted by Gasteiger charge is -2.21. The summed E-state index contributed by atoms with van der Waals surface area (Å²) in [5.74, 6) is -1.54. The maximum atomic E-state index is 12.2. The normalized spacial score (nSPS) is 22.1. The number of aliphatic hydroxyl groups excluding tert-OH is 1. The molecule has 20 heavy (non-hydrogen) atoms. The zero-order chi connectivity index (χ0) is 14.9. The summed E-state index contributed by atoms with van der Waals surface area (Å²) in [5.41, 5.74) is 0.464. The van der Waals surface area contributed by atoms with Gasteiger partial charge >= 0.3 is 5.97 Å². The summed E-state index contributed by atoms with van der Waals surface area (Å²) < 4.78 is 0. The van der Waals surface area contributed by atoms with Gasteiger partial charge in [-0.05, 0) is 17.7 Å². The number of benzene rings is 1. The summed E-state index contributed by atoms with van der Waals surface area (Å²) in [6, 6.07) is 3.89. The standard InChI is InChI=1S/C13H13Cl2NO4/c14-9-2-1-3-10(15)8(9)5-12(18)16-6-7(17)4-11(16)13(19)20/h1-3,7,11,17H,4-6H2,(H,19,20)/t7-,11+/m1/s1. The van der Waals surface area contributed by atoms with Gasteiger partial charge in [0.05, 0.1) is 12.5 Å². The molecule has 1 fully saturated rings. The molecule has 0 spiro atoms. The van der Waals surface area contributed by atoms with E-state index in [4.69, 9.17) is 28.3 Å². The molecule has 0 aliphatic carbocycles. The lowest BCUT2D eigenvalue weighted by atomic mass is 10.1. The maximum Gasteiger partial charge on any atom is 0.326 e. The summed E-state index contributed by atoms with van der Waals surface area (Å²) in [7, 11) is 0. The topological polar surface area (TPSA) is 77.8 Å². The van der Waals surface area contributed by atoms with Crippen molar-refractivity contribution >= 4 is 35.1 Å². The first-order valence-electron chi connectivity index (χ1n) is 6.03. The number of aliphatic carboxylic acids is 1. The van der Waals surface area contributed by atoms with Crippen molar-refractivity contribution < 1.29 is 19.8 Å². The van der Waals surface area contributed by atoms with Gasteiger partial charge in [-0.1, -0.05) is 29.3 Å². The largest absolute Gasteiger partial charge is 0.480 e. The third kappa shape index (κ3) is 3.06. The number of halogens is 2. The SMILES string of the molecule is O=C(O)[C@@H]1C[C@@H](O)CN1C(=O)Cc1c(Cl)cccc1Cl. The van der Waals surface area contributed by atoms with E-state index in [1.807, 2.05) is 0 Å². The molecule has 1 aliphatic rings. The van der Waals surface area contributed by atoms with E-state index in [0.717, 1.165) is 4.90 Å². The quantitative estimate of drug-likeness (QED) is 0.887. The summed E-state index contributed by atoms with van der Waals surface area (Å²) in [6.07, 6.45) is -0.867. The zero-order valence-electron chi connectivity index (χ0n) is 10.4. The van der Waals surface area contributed by atoms with Crippen LogP contribution in [0.15, 0.2) is 18.2 Å². The molecule has 0 bridgehead atoms. The second-order valence-electron chi connectivity index (χ2n) is 4.67. The molecule has 0 radical (unpaired) electrons. The average Bonchev–Trinajstić information content (AvgIpc) is 2.76. The van der Waals surface area contributed by atoms with E-state index < -0.39 is 24.0 Å². The molecule has 1 saturated heterocycles. The molecule has 2 rings (SSSR count). The van der Waals surface area contributed by atoms with E-state index in [-0.39, 0.29) is 19.4 Å². The Morgan fingerprint density at radius 3 is 2.45 bits per heavy atom. The van der Waals surface area contributed by atoms with Gasteiger partial charge in [0.2, 0.25) is 5.91 Å². The lowest BCUT2D eigenvalue weighted by molar-refractivity contribution is -0.148. The molecule has 1 aromatic carbocycles. The second kappa shape index (κ2) is 5.99. The number of aliphatic hydroxyl groups is 1. The van der Waals surface area contributed by atoms with Crippen molar-refractivity contribution in [1.29, 1.82) is 0 Å². The molecule has 1 aromatic rings. The highest BCUT2D eigenvalue weighted by atomic mass is 35.5. The Balaban J connectivity index is 2.18. The average molecular weight is 318 g/mol. The molecule has 1 heterocycles. The number of nitrogens with zero attached hydrogens (tertiary/aromatic N) is 1. The van der Waals surface area contributed by atoms with E-state index in [0.29, 0.717) is 15.6 Å². The summed E-state index contributed by atoms with van der Waals surface area (Å²) >= 11 is 12.0. The van der Waals surface area contributed by atoms with Gasteiger partial charge in [0.25, 0.3) is 0 Å². The molecule has 2 atom stereocenters. The van der Waals surface area contributed by atoms with E-state index >= 15 is 0 Å². The Morgan fingerprint density at radius 2 is 1.90 bits per heavy atom. The van der Waals surface area contributed by atoms with Crippen molar-refractivity contribution in [2.45, 2.75) is 25.0 Å². The first kappa shape index (κ1) is 15.1. The minimum atomic E-state index is -1.12. The van der Waals surface area contributed by atoms with E-state index in [2.05, 4.69) is 0 Å². The molecule has 0 aromatic heterocycles. The van der Waals surface area contributed by atoms with Gasteiger partial charge in [-0.15, -0.1) is 0 Å². The number of carboxylic acid groups (broad SMARTS) is 1. The van der Waals surface area contributed by atoms with E-state index in [1.165, 1.54) is 0 Å². The molecule has 0 saturated carbocycles. The molecule has 108 valence electrons. The number of hydrogen-bond donors (Lipinski definition) is 2. The third-order valence-corrected chi connectivity index (χ3v) is 3.98. The molecular weight excluding hydrogens is 305 g/mol. The highest BCUT2D eigenvalue weighted by Crippen LogP contribution is 2.27. The Hall–Kier alpha value is -1.30. The number of carbonyl (C=O) groups is 2. The minimum Gasteiger partial charge on any atom is -0.480 e. The lowest BCUT2D eigenvalue weighted by Crippen LogP contribution is -2.41. The van der Waals surface area contributed by atoms with Crippen LogP contribution in [0.2, 0.25) is 10.0 Å². The molecule has 2 N–H and O–H groups in total. The first-order chi connectivity index (χ1) is 9.40. The summed E-state index contributed by atoms with van der Waals surface area (Å²) in [5, 5.41) is 19.3. The van der Waals surface area contributed by atoms with Crippen LogP contribution in [0, 0.1) is 0 Å². The van der Waals surface area contributed by atoms with Crippen LogP contribution in [0.3, 0.4) is 0 Å². The van der Waals surface area contributed by atoms with Gasteiger partial charge in [-0.3, -0.25) is 4.79 Å². The van der Waals surface area contributed by atoms with Crippen molar-refractivity contribution in [3.63, 3.8) is 0 Å². The molecule has 1 aliphatic heterocycles. The molecule has 0 unspecified atom stereocenters. The predicted molar refractivity (Wildman–Crippen MR) is 73.9 cm³/mol. The number of amides is 1. The highest BCUT2D eigenvalue weighted by molar-refractivity contribution is 6.36. The predicted octanol–water partition coefficient (Wildman–Crippen LogP) is 1.58. The van der Waals surface area contributed by atoms with Gasteiger partial charge in [-0.25, -0.2) is 4.79 Å². The monoisotopic (exact) mass is 317 g/mol. The van der Waals surface area contributed by atoms with Crippen LogP contribution in [0.1, 0.15) is 12.0 Å². The van der Waals surface area contributed by atoms with Crippen LogP contribution < -0.4 is 0 Å². The van der Waals surface area contributed by atoms with Crippen LogP contribution in [-0.4, -0.2) is 45.7 Å². The molecule has 7 heteroatoms. The van der Waals surface area contributed by atoms with Crippen molar-refractivity contribution in [2.75, 3.05) is 6.54 Å². The molecular formula is C13H13Cl2NO4. The molecule has 1 amide bonds. The van der Waals surface area contributed by atoms with Gasteiger partial charge in [0.15, 0.2) is 0 Å². The number of carbonyl (C=O) groups excluding carboxylic acids is 1. The van der Waals surface area contributed by atoms with E-state index in [9.17, 15) is 14.7 Å². The van der Waals surface area contributed by atoms with Crippen LogP contribution in [0.25, 0.3) is 0 Å². The van der Waals surface area contributed by atoms with E-state index in [1.54, 1.807) is 18.2 Å². The van der Waals surface area contributed by atoms with Crippen LogP contribution in [0.4, 0.5) is 0 Å². The fourth-order valence-corrected chi connectivity index (χ4v) is 2.81. The Bertz CT molecular complexity index is 529. The zero-order valence-corrected chi connectivity index (χ0v) is 11.9. The van der Waals surface area contributed by atoms with Gasteiger partial charge in [-0.2, -0.15) is 0 Å². The minimum absolute atomic E-state index is 0.0118. The van der Waals surface area contributed by atoms with Crippen molar-refractivity contribution in [3.05, 3.63) is 33.8 Å². The maximum absolute atomic E-state index is 12.2. The Kier molecular flexibility index (Phi) is 4.52. The van der Waals surface area contributed by atoms with Crippen molar-refractivity contribution in [1.82, 2.24) is 4.90 Å². The van der Waals surface area contributed by atoms with Crippen LogP contribution >= 0.6 is 23.2 Å². The van der Waals surface area contributed by atoms with Crippen LogP contribution in [0.5, 0.6) is 0 Å². The van der Waals surface area contributed by atoms with Gasteiger partial charge in [0, 0.05) is 23.0 Å². The number of hydrogen-bond acceptors (Lipinski definition) is 3. The Morgan fingerprint density at radius 1 is 1.30 bits per heavy atom. The summed E-state index contributed by atoms with van der Waals surface area (Å²) in [6.45, 7) is 0.0118. The fraction of sp³-hybridized carbons (Fsp3) is 0.385. The van der Waals surface area contributed by atoms with Gasteiger partial charge < -0.3 is 15.1 Å². The fourth-order valence-electron chi connectivity index (χ4n) is 2.28. The highest BCUT2D eigenvalue weighted by Gasteiger charge is 2.38. The Labute approximate surface area is 125 Å². The molecule has 5 nitrogen and oxygen atoms in total. The number of likely N-dealkylation sites (tertiary alicyclic amines) is 1. The number of rotatable bonds is 3. The summed E-state index contributed by atoms with van der Waals surface area (Å²) in [4.78, 5) is 24.5. The third-order valence-electron chi connectivity index (χ3n) is 3.27. The van der Waals surface area contributed by atoms with Crippen molar-refractivity contribution in [3.8, 4) is 0 Å².